The number of sulfonamides is 1. The van der Waals surface area contributed by atoms with E-state index in [9.17, 15) is 13.2 Å². The third-order valence-corrected chi connectivity index (χ3v) is 5.58. The van der Waals surface area contributed by atoms with Gasteiger partial charge in [-0.25, -0.2) is 22.9 Å². The van der Waals surface area contributed by atoms with Crippen LogP contribution in [0.4, 0.5) is 0 Å². The smallest absolute Gasteiger partial charge is 0.335 e. The van der Waals surface area contributed by atoms with Crippen LogP contribution >= 0.6 is 11.3 Å². The van der Waals surface area contributed by atoms with Crippen LogP contribution in [0.25, 0.3) is 10.2 Å². The Kier molecular flexibility index (Phi) is 4.12. The molecule has 2 N–H and O–H groups in total. The maximum absolute atomic E-state index is 12.3. The Labute approximate surface area is 136 Å². The lowest BCUT2D eigenvalue weighted by atomic mass is 10.2. The molecule has 0 saturated carbocycles. The summed E-state index contributed by atoms with van der Waals surface area (Å²) in [5, 5.41) is 9.58. The lowest BCUT2D eigenvalue weighted by molar-refractivity contribution is 0.0696. The number of carboxylic acid groups (broad SMARTS) is 1. The van der Waals surface area contributed by atoms with Crippen LogP contribution in [0.1, 0.15) is 15.4 Å². The van der Waals surface area contributed by atoms with Crippen LogP contribution in [0, 0.1) is 0 Å². The van der Waals surface area contributed by atoms with Gasteiger partial charge in [0.2, 0.25) is 10.0 Å². The molecule has 118 valence electrons. The zero-order chi connectivity index (χ0) is 16.4. The Morgan fingerprint density at radius 2 is 1.96 bits per heavy atom. The number of fused-ring (bicyclic) bond motifs is 1. The Balaban J connectivity index is 1.81. The van der Waals surface area contributed by atoms with Gasteiger partial charge < -0.3 is 5.11 Å². The molecule has 0 unspecified atom stereocenters. The van der Waals surface area contributed by atoms with E-state index in [2.05, 4.69) is 9.71 Å². The van der Waals surface area contributed by atoms with Gasteiger partial charge in [0.25, 0.3) is 0 Å². The molecule has 0 atom stereocenters. The van der Waals surface area contributed by atoms with Crippen molar-refractivity contribution in [2.45, 2.75) is 11.4 Å². The maximum Gasteiger partial charge on any atom is 0.335 e. The molecular weight excluding hydrogens is 336 g/mol. The second-order valence-electron chi connectivity index (χ2n) is 4.73. The van der Waals surface area contributed by atoms with Gasteiger partial charge in [0, 0.05) is 0 Å². The van der Waals surface area contributed by atoms with Crippen LogP contribution in [0.2, 0.25) is 0 Å². The number of hydrogen-bond acceptors (Lipinski definition) is 5. The molecule has 6 nitrogen and oxygen atoms in total. The Morgan fingerprint density at radius 1 is 1.17 bits per heavy atom. The SMILES string of the molecule is O=C(O)c1cccc(S(=O)(=O)NCc2nc3ccccc3s2)c1. The number of carbonyl (C=O) groups is 1. The summed E-state index contributed by atoms with van der Waals surface area (Å²) in [6.45, 7) is 0.0545. The van der Waals surface area contributed by atoms with E-state index < -0.39 is 16.0 Å². The van der Waals surface area contributed by atoms with Gasteiger partial charge in [0.05, 0.1) is 27.2 Å². The number of rotatable bonds is 5. The summed E-state index contributed by atoms with van der Waals surface area (Å²) >= 11 is 1.41. The fourth-order valence-electron chi connectivity index (χ4n) is 2.03. The normalized spacial score (nSPS) is 11.7. The highest BCUT2D eigenvalue weighted by Gasteiger charge is 2.16. The van der Waals surface area contributed by atoms with Gasteiger partial charge in [-0.2, -0.15) is 0 Å². The Bertz CT molecular complexity index is 947. The van der Waals surface area contributed by atoms with Crippen molar-refractivity contribution in [3.05, 3.63) is 59.1 Å². The highest BCUT2D eigenvalue weighted by Crippen LogP contribution is 2.22. The second-order valence-corrected chi connectivity index (χ2v) is 7.62. The highest BCUT2D eigenvalue weighted by atomic mass is 32.2. The summed E-state index contributed by atoms with van der Waals surface area (Å²) < 4.78 is 28.0. The van der Waals surface area contributed by atoms with E-state index in [1.54, 1.807) is 0 Å². The third-order valence-electron chi connectivity index (χ3n) is 3.14. The molecule has 0 amide bonds. The van der Waals surface area contributed by atoms with E-state index in [0.717, 1.165) is 16.3 Å². The molecule has 0 radical (unpaired) electrons. The number of hydrogen-bond donors (Lipinski definition) is 2. The van der Waals surface area contributed by atoms with Crippen molar-refractivity contribution >= 4 is 37.5 Å². The second kappa shape index (κ2) is 6.07. The van der Waals surface area contributed by atoms with Crippen molar-refractivity contribution in [3.8, 4) is 0 Å². The molecule has 0 fully saturated rings. The molecule has 0 aliphatic heterocycles. The number of aromatic carboxylic acids is 1. The minimum atomic E-state index is -3.80. The molecule has 23 heavy (non-hydrogen) atoms. The van der Waals surface area contributed by atoms with Crippen LogP contribution < -0.4 is 4.72 Å². The molecule has 3 aromatic rings. The van der Waals surface area contributed by atoms with Crippen molar-refractivity contribution in [1.82, 2.24) is 9.71 Å². The molecule has 0 aliphatic rings. The maximum atomic E-state index is 12.3. The van der Waals surface area contributed by atoms with Crippen LogP contribution in [0.15, 0.2) is 53.4 Å². The standard InChI is InChI=1S/C15H12N2O4S2/c18-15(19)10-4-3-5-11(8-10)23(20,21)16-9-14-17-12-6-1-2-7-13(12)22-14/h1-8,16H,9H2,(H,18,19). The number of nitrogens with one attached hydrogen (secondary N) is 1. The molecule has 2 aromatic carbocycles. The van der Waals surface area contributed by atoms with Gasteiger partial charge >= 0.3 is 5.97 Å². The lowest BCUT2D eigenvalue weighted by Crippen LogP contribution is -2.23. The quantitative estimate of drug-likeness (QED) is 0.738. The first-order chi connectivity index (χ1) is 11.0. The van der Waals surface area contributed by atoms with E-state index in [0.29, 0.717) is 5.01 Å². The molecule has 0 saturated heterocycles. The van der Waals surface area contributed by atoms with Crippen molar-refractivity contribution in [2.24, 2.45) is 0 Å². The molecule has 1 aromatic heterocycles. The summed E-state index contributed by atoms with van der Waals surface area (Å²) in [6.07, 6.45) is 0. The molecule has 0 aliphatic carbocycles. The first kappa shape index (κ1) is 15.6. The predicted molar refractivity (Wildman–Crippen MR) is 87.0 cm³/mol. The van der Waals surface area contributed by atoms with Gasteiger partial charge in [-0.3, -0.25) is 0 Å². The summed E-state index contributed by atoms with van der Waals surface area (Å²) in [5.41, 5.74) is 0.743. The van der Waals surface area contributed by atoms with Crippen LogP contribution in [-0.2, 0) is 16.6 Å². The van der Waals surface area contributed by atoms with Crippen LogP contribution in [0.3, 0.4) is 0 Å². The van der Waals surface area contributed by atoms with Crippen LogP contribution in [-0.4, -0.2) is 24.5 Å². The molecule has 3 rings (SSSR count). The molecule has 1 heterocycles. The van der Waals surface area contributed by atoms with Crippen molar-refractivity contribution in [2.75, 3.05) is 0 Å². The van der Waals surface area contributed by atoms with Gasteiger partial charge in [-0.05, 0) is 30.3 Å². The number of carboxylic acids is 1. The van der Waals surface area contributed by atoms with Crippen molar-refractivity contribution < 1.29 is 18.3 Å². The molecule has 0 bridgehead atoms. The van der Waals surface area contributed by atoms with Gasteiger partial charge in [0.1, 0.15) is 5.01 Å². The Hall–Kier alpha value is -2.29. The molecule has 0 spiro atoms. The number of thiazole rings is 1. The number of nitrogens with zero attached hydrogens (tertiary/aromatic N) is 1. The van der Waals surface area contributed by atoms with E-state index in [1.165, 1.54) is 29.5 Å². The van der Waals surface area contributed by atoms with E-state index in [-0.39, 0.29) is 17.0 Å². The summed E-state index contributed by atoms with van der Waals surface area (Å²) in [4.78, 5) is 15.2. The largest absolute Gasteiger partial charge is 0.478 e. The first-order valence-corrected chi connectivity index (χ1v) is 8.93. The van der Waals surface area contributed by atoms with E-state index in [4.69, 9.17) is 5.11 Å². The summed E-state index contributed by atoms with van der Waals surface area (Å²) in [5.74, 6) is -1.17. The Morgan fingerprint density at radius 3 is 2.70 bits per heavy atom. The summed E-state index contributed by atoms with van der Waals surface area (Å²) in [7, 11) is -3.80. The third kappa shape index (κ3) is 3.39. The minimum Gasteiger partial charge on any atom is -0.478 e. The number of para-hydroxylation sites is 1. The molecule has 8 heteroatoms. The van der Waals surface area contributed by atoms with E-state index >= 15 is 0 Å². The molecular formula is C15H12N2O4S2. The summed E-state index contributed by atoms with van der Waals surface area (Å²) in [6, 6.07) is 12.8. The number of aromatic nitrogens is 1. The lowest BCUT2D eigenvalue weighted by Gasteiger charge is -2.05. The minimum absolute atomic E-state index is 0.0545. The van der Waals surface area contributed by atoms with Gasteiger partial charge in [-0.1, -0.05) is 18.2 Å². The zero-order valence-electron chi connectivity index (χ0n) is 11.8. The van der Waals surface area contributed by atoms with Crippen molar-refractivity contribution in [3.63, 3.8) is 0 Å². The van der Waals surface area contributed by atoms with Gasteiger partial charge in [0.15, 0.2) is 0 Å². The van der Waals surface area contributed by atoms with Crippen molar-refractivity contribution in [1.29, 1.82) is 0 Å². The number of benzene rings is 2. The first-order valence-electron chi connectivity index (χ1n) is 6.63. The average Bonchev–Trinajstić information content (AvgIpc) is 2.96. The monoisotopic (exact) mass is 348 g/mol. The average molecular weight is 348 g/mol. The van der Waals surface area contributed by atoms with Gasteiger partial charge in [-0.15, -0.1) is 11.3 Å². The van der Waals surface area contributed by atoms with E-state index in [1.807, 2.05) is 24.3 Å². The predicted octanol–water partition coefficient (Wildman–Crippen LogP) is 2.47. The fourth-order valence-corrected chi connectivity index (χ4v) is 4.06. The zero-order valence-corrected chi connectivity index (χ0v) is 13.4. The fraction of sp³-hybridized carbons (Fsp3) is 0.0667. The topological polar surface area (TPSA) is 96.4 Å². The highest BCUT2D eigenvalue weighted by molar-refractivity contribution is 7.89. The van der Waals surface area contributed by atoms with Crippen LogP contribution in [0.5, 0.6) is 0 Å².